The highest BCUT2D eigenvalue weighted by Crippen LogP contribution is 2.35. The first-order valence-corrected chi connectivity index (χ1v) is 7.10. The second kappa shape index (κ2) is 5.68. The summed E-state index contributed by atoms with van der Waals surface area (Å²) >= 11 is 0. The van der Waals surface area contributed by atoms with Crippen LogP contribution in [0.2, 0.25) is 0 Å². The lowest BCUT2D eigenvalue weighted by molar-refractivity contribution is -0.149. The number of amides is 2. The number of imide groups is 1. The van der Waals surface area contributed by atoms with Crippen LogP contribution in [-0.4, -0.2) is 23.3 Å². The van der Waals surface area contributed by atoms with Gasteiger partial charge in [0.15, 0.2) is 0 Å². The van der Waals surface area contributed by atoms with Gasteiger partial charge in [-0.25, -0.2) is 0 Å². The van der Waals surface area contributed by atoms with E-state index in [2.05, 4.69) is 12.2 Å². The van der Waals surface area contributed by atoms with Crippen molar-refractivity contribution in [3.63, 3.8) is 0 Å². The number of hydrogen-bond acceptors (Lipinski definition) is 2. The van der Waals surface area contributed by atoms with E-state index < -0.39 is 0 Å². The molecule has 1 fully saturated rings. The van der Waals surface area contributed by atoms with Crippen LogP contribution >= 0.6 is 0 Å². The van der Waals surface area contributed by atoms with Crippen molar-refractivity contribution in [1.29, 1.82) is 0 Å². The zero-order chi connectivity index (χ0) is 13.0. The number of allylic oxidation sites excluding steroid dienone is 2. The molecule has 18 heavy (non-hydrogen) atoms. The highest BCUT2D eigenvalue weighted by atomic mass is 16.2. The Morgan fingerprint density at radius 3 is 2.56 bits per heavy atom. The molecule has 0 unspecified atom stereocenters. The molecule has 0 aromatic heterocycles. The van der Waals surface area contributed by atoms with Crippen LogP contribution in [0.1, 0.15) is 58.3 Å². The van der Waals surface area contributed by atoms with Crippen molar-refractivity contribution in [3.05, 3.63) is 12.2 Å². The van der Waals surface area contributed by atoms with Crippen molar-refractivity contribution in [2.24, 2.45) is 5.41 Å². The maximum atomic E-state index is 12.6. The summed E-state index contributed by atoms with van der Waals surface area (Å²) in [6.45, 7) is 2.00. The smallest absolute Gasteiger partial charge is 0.235 e. The normalized spacial score (nSPS) is 28.9. The highest BCUT2D eigenvalue weighted by molar-refractivity contribution is 5.91. The average Bonchev–Trinajstić information content (AvgIpc) is 2.41. The van der Waals surface area contributed by atoms with Crippen LogP contribution in [0.4, 0.5) is 0 Å². The highest BCUT2D eigenvalue weighted by Gasteiger charge is 2.38. The molecule has 2 rings (SSSR count). The van der Waals surface area contributed by atoms with E-state index in [1.165, 1.54) is 11.3 Å². The van der Waals surface area contributed by atoms with E-state index in [0.717, 1.165) is 51.4 Å². The summed E-state index contributed by atoms with van der Waals surface area (Å²) in [5, 5.41) is 0. The van der Waals surface area contributed by atoms with Crippen molar-refractivity contribution in [3.8, 4) is 0 Å². The van der Waals surface area contributed by atoms with Gasteiger partial charge in [0.25, 0.3) is 0 Å². The molecule has 3 heteroatoms. The Morgan fingerprint density at radius 2 is 2.00 bits per heavy atom. The fourth-order valence-electron chi connectivity index (χ4n) is 3.13. The van der Waals surface area contributed by atoms with Gasteiger partial charge in [-0.2, -0.15) is 0 Å². The maximum Gasteiger partial charge on any atom is 0.235 e. The topological polar surface area (TPSA) is 37.4 Å². The van der Waals surface area contributed by atoms with Gasteiger partial charge in [0.1, 0.15) is 0 Å². The fourth-order valence-corrected chi connectivity index (χ4v) is 3.13. The first-order chi connectivity index (χ1) is 8.67. The number of nitrogens with zero attached hydrogens (tertiary/aromatic N) is 1. The minimum atomic E-state index is -0.368. The van der Waals surface area contributed by atoms with Crippen LogP contribution in [0.25, 0.3) is 0 Å². The Bertz CT molecular complexity index is 344. The fraction of sp³-hybridized carbons (Fsp3) is 0.733. The molecule has 1 saturated carbocycles. The molecule has 1 atom stereocenters. The van der Waals surface area contributed by atoms with Gasteiger partial charge in [0.05, 0.1) is 5.41 Å². The third-order valence-electron chi connectivity index (χ3n) is 4.43. The number of carbonyl (C=O) groups is 2. The predicted octanol–water partition coefficient (Wildman–Crippen LogP) is 3.05. The molecular weight excluding hydrogens is 226 g/mol. The van der Waals surface area contributed by atoms with Crippen LogP contribution in [0, 0.1) is 5.41 Å². The largest absolute Gasteiger partial charge is 0.282 e. The zero-order valence-electron chi connectivity index (χ0n) is 11.2. The van der Waals surface area contributed by atoms with Crippen molar-refractivity contribution in [2.75, 3.05) is 0 Å². The third-order valence-corrected chi connectivity index (χ3v) is 4.43. The second-order valence-corrected chi connectivity index (χ2v) is 5.88. The molecule has 0 bridgehead atoms. The molecule has 0 radical (unpaired) electrons. The summed E-state index contributed by atoms with van der Waals surface area (Å²) in [6.07, 6.45) is 13.0. The minimum Gasteiger partial charge on any atom is -0.282 e. The van der Waals surface area contributed by atoms with Crippen LogP contribution in [0.15, 0.2) is 12.2 Å². The minimum absolute atomic E-state index is 0.0359. The van der Waals surface area contributed by atoms with Crippen molar-refractivity contribution < 1.29 is 9.59 Å². The lowest BCUT2D eigenvalue weighted by Crippen LogP contribution is -2.48. The van der Waals surface area contributed by atoms with Gasteiger partial charge in [-0.1, -0.05) is 38.3 Å². The van der Waals surface area contributed by atoms with Crippen molar-refractivity contribution >= 4 is 12.3 Å². The summed E-state index contributed by atoms with van der Waals surface area (Å²) in [5.74, 6) is 0.0359. The van der Waals surface area contributed by atoms with Gasteiger partial charge in [-0.05, 0) is 32.1 Å². The molecule has 0 N–H and O–H groups in total. The number of rotatable bonds is 3. The molecule has 2 aliphatic rings. The predicted molar refractivity (Wildman–Crippen MR) is 70.9 cm³/mol. The van der Waals surface area contributed by atoms with Gasteiger partial charge < -0.3 is 0 Å². The quantitative estimate of drug-likeness (QED) is 0.569. The zero-order valence-corrected chi connectivity index (χ0v) is 11.2. The van der Waals surface area contributed by atoms with Crippen LogP contribution < -0.4 is 0 Å². The van der Waals surface area contributed by atoms with Gasteiger partial charge in [-0.15, -0.1) is 0 Å². The lowest BCUT2D eigenvalue weighted by atomic mass is 9.77. The van der Waals surface area contributed by atoms with E-state index in [-0.39, 0.29) is 17.4 Å². The molecule has 0 heterocycles. The first kappa shape index (κ1) is 13.3. The van der Waals surface area contributed by atoms with E-state index in [0.29, 0.717) is 0 Å². The molecule has 2 amide bonds. The Kier molecular flexibility index (Phi) is 4.20. The van der Waals surface area contributed by atoms with Gasteiger partial charge in [0, 0.05) is 6.04 Å². The van der Waals surface area contributed by atoms with Crippen molar-refractivity contribution in [2.45, 2.75) is 64.3 Å². The Labute approximate surface area is 109 Å². The average molecular weight is 249 g/mol. The summed E-state index contributed by atoms with van der Waals surface area (Å²) in [5.41, 5.74) is -0.368. The lowest BCUT2D eigenvalue weighted by Gasteiger charge is -2.37. The third kappa shape index (κ3) is 2.65. The van der Waals surface area contributed by atoms with Crippen LogP contribution in [-0.2, 0) is 9.59 Å². The monoisotopic (exact) mass is 249 g/mol. The van der Waals surface area contributed by atoms with Gasteiger partial charge in [-0.3, -0.25) is 14.5 Å². The van der Waals surface area contributed by atoms with E-state index in [9.17, 15) is 9.59 Å². The van der Waals surface area contributed by atoms with E-state index in [1.54, 1.807) is 0 Å². The van der Waals surface area contributed by atoms with E-state index >= 15 is 0 Å². The molecule has 2 aliphatic carbocycles. The molecule has 0 saturated heterocycles. The van der Waals surface area contributed by atoms with Crippen LogP contribution in [0.5, 0.6) is 0 Å². The summed E-state index contributed by atoms with van der Waals surface area (Å²) in [4.78, 5) is 25.4. The molecule has 100 valence electrons. The summed E-state index contributed by atoms with van der Waals surface area (Å²) in [6, 6.07) is 0.145. The summed E-state index contributed by atoms with van der Waals surface area (Å²) in [7, 11) is 0. The van der Waals surface area contributed by atoms with Crippen LogP contribution in [0.3, 0.4) is 0 Å². The van der Waals surface area contributed by atoms with Crippen molar-refractivity contribution in [1.82, 2.24) is 4.90 Å². The Hall–Kier alpha value is -1.12. The second-order valence-electron chi connectivity index (χ2n) is 5.88. The molecular formula is C15H23NO2. The molecule has 0 aromatic carbocycles. The van der Waals surface area contributed by atoms with E-state index in [1.807, 2.05) is 6.92 Å². The molecule has 3 nitrogen and oxygen atoms in total. The van der Waals surface area contributed by atoms with E-state index in [4.69, 9.17) is 0 Å². The summed E-state index contributed by atoms with van der Waals surface area (Å²) < 4.78 is 0. The SMILES string of the molecule is C[C@]1(C(=O)N(C=O)C2CCCCC2)CC=CCC1. The first-order valence-electron chi connectivity index (χ1n) is 7.10. The molecule has 0 spiro atoms. The molecule has 0 aromatic rings. The maximum absolute atomic E-state index is 12.6. The van der Waals surface area contributed by atoms with Gasteiger partial charge >= 0.3 is 0 Å². The Balaban J connectivity index is 2.08. The number of hydrogen-bond donors (Lipinski definition) is 0. The molecule has 0 aliphatic heterocycles. The number of carbonyl (C=O) groups excluding carboxylic acids is 2. The Morgan fingerprint density at radius 1 is 1.28 bits per heavy atom. The van der Waals surface area contributed by atoms with Gasteiger partial charge in [0.2, 0.25) is 12.3 Å². The standard InChI is InChI=1S/C15H23NO2/c1-15(10-6-3-7-11-15)14(18)16(12-17)13-8-4-2-5-9-13/h3,6,12-13H,2,4-5,7-11H2,1H3/t15-/m0/s1.